The number of hydrogen-bond donors (Lipinski definition) is 0. The summed E-state index contributed by atoms with van der Waals surface area (Å²) in [5.41, 5.74) is 1.75. The van der Waals surface area contributed by atoms with Crippen LogP contribution in [0.2, 0.25) is 0 Å². The van der Waals surface area contributed by atoms with Crippen LogP contribution >= 0.6 is 24.0 Å². The average molecular weight is 430 g/mol. The number of ether oxygens (including phenoxy) is 1. The molecule has 0 unspecified atom stereocenters. The van der Waals surface area contributed by atoms with Crippen LogP contribution in [0.5, 0.6) is 5.75 Å². The smallest absolute Gasteiger partial charge is 0.195 e. The Labute approximate surface area is 154 Å². The molecule has 0 fully saturated rings. The van der Waals surface area contributed by atoms with Gasteiger partial charge in [-0.15, -0.1) is 29.1 Å². The molecule has 0 aliphatic heterocycles. The lowest BCUT2D eigenvalue weighted by Gasteiger charge is -2.22. The van der Waals surface area contributed by atoms with E-state index in [1.807, 2.05) is 68.5 Å². The van der Waals surface area contributed by atoms with Crippen LogP contribution in [0.4, 0.5) is 0 Å². The van der Waals surface area contributed by atoms with Gasteiger partial charge in [0.25, 0.3) is 0 Å². The van der Waals surface area contributed by atoms with E-state index in [2.05, 4.69) is 15.3 Å². The van der Waals surface area contributed by atoms with Crippen LogP contribution in [-0.4, -0.2) is 66.1 Å². The predicted molar refractivity (Wildman–Crippen MR) is 102 cm³/mol. The SMILES string of the molecule is COc1ccc(-n2cc(CN=C(N(C)C)N(C)C)nn2)cc1.I. The van der Waals surface area contributed by atoms with E-state index in [1.54, 1.807) is 11.8 Å². The standard InChI is InChI=1S/C15H22N6O.HI/c1-19(2)15(20(3)4)16-10-12-11-21(18-17-12)13-6-8-14(22-5)9-7-13;/h6-9,11H,10H2,1-5H3;1H. The Kier molecular flexibility index (Phi) is 7.27. The Hall–Kier alpha value is -1.84. The second kappa shape index (κ2) is 8.70. The van der Waals surface area contributed by atoms with E-state index in [-0.39, 0.29) is 24.0 Å². The van der Waals surface area contributed by atoms with Crippen LogP contribution in [0.1, 0.15) is 5.69 Å². The lowest BCUT2D eigenvalue weighted by molar-refractivity contribution is 0.414. The van der Waals surface area contributed by atoms with Crippen LogP contribution in [0.3, 0.4) is 0 Å². The number of guanidine groups is 1. The number of nitrogens with zero attached hydrogens (tertiary/aromatic N) is 6. The van der Waals surface area contributed by atoms with Gasteiger partial charge in [0.2, 0.25) is 0 Å². The van der Waals surface area contributed by atoms with Crippen molar-refractivity contribution in [2.75, 3.05) is 35.3 Å². The summed E-state index contributed by atoms with van der Waals surface area (Å²) in [6, 6.07) is 7.66. The van der Waals surface area contributed by atoms with Crippen molar-refractivity contribution in [2.24, 2.45) is 4.99 Å². The molecule has 2 aromatic rings. The molecule has 0 bridgehead atoms. The van der Waals surface area contributed by atoms with Crippen molar-refractivity contribution in [3.05, 3.63) is 36.2 Å². The van der Waals surface area contributed by atoms with Gasteiger partial charge in [0.15, 0.2) is 5.96 Å². The maximum absolute atomic E-state index is 5.15. The van der Waals surface area contributed by atoms with Crippen molar-refractivity contribution in [3.63, 3.8) is 0 Å². The van der Waals surface area contributed by atoms with Crippen molar-refractivity contribution in [3.8, 4) is 11.4 Å². The summed E-state index contributed by atoms with van der Waals surface area (Å²) in [6.07, 6.45) is 1.88. The second-order valence-electron chi connectivity index (χ2n) is 5.26. The van der Waals surface area contributed by atoms with Gasteiger partial charge in [-0.05, 0) is 24.3 Å². The third-order valence-electron chi connectivity index (χ3n) is 3.06. The van der Waals surface area contributed by atoms with E-state index in [9.17, 15) is 0 Å². The highest BCUT2D eigenvalue weighted by Gasteiger charge is 2.06. The lowest BCUT2D eigenvalue weighted by Crippen LogP contribution is -2.35. The lowest BCUT2D eigenvalue weighted by atomic mass is 10.3. The Morgan fingerprint density at radius 2 is 1.74 bits per heavy atom. The molecule has 0 atom stereocenters. The van der Waals surface area contributed by atoms with Gasteiger partial charge in [-0.2, -0.15) is 0 Å². The summed E-state index contributed by atoms with van der Waals surface area (Å²) in [4.78, 5) is 8.49. The number of hydrogen-bond acceptors (Lipinski definition) is 4. The van der Waals surface area contributed by atoms with Gasteiger partial charge in [-0.25, -0.2) is 9.67 Å². The molecule has 0 N–H and O–H groups in total. The van der Waals surface area contributed by atoms with E-state index in [1.165, 1.54) is 0 Å². The molecule has 0 aliphatic rings. The zero-order chi connectivity index (χ0) is 16.1. The second-order valence-corrected chi connectivity index (χ2v) is 5.26. The van der Waals surface area contributed by atoms with Crippen molar-refractivity contribution in [1.82, 2.24) is 24.8 Å². The van der Waals surface area contributed by atoms with Gasteiger partial charge in [0, 0.05) is 28.2 Å². The molecule has 0 saturated carbocycles. The van der Waals surface area contributed by atoms with Crippen molar-refractivity contribution in [1.29, 1.82) is 0 Å². The van der Waals surface area contributed by atoms with Crippen LogP contribution in [0.15, 0.2) is 35.5 Å². The molecule has 0 amide bonds. The molecule has 23 heavy (non-hydrogen) atoms. The normalized spacial score (nSPS) is 9.78. The zero-order valence-electron chi connectivity index (χ0n) is 14.1. The Morgan fingerprint density at radius 3 is 2.26 bits per heavy atom. The van der Waals surface area contributed by atoms with Gasteiger partial charge in [-0.3, -0.25) is 0 Å². The van der Waals surface area contributed by atoms with Crippen LogP contribution in [-0.2, 0) is 6.54 Å². The third kappa shape index (κ3) is 5.08. The predicted octanol–water partition coefficient (Wildman–Crippen LogP) is 1.87. The minimum Gasteiger partial charge on any atom is -0.497 e. The first kappa shape index (κ1) is 19.2. The summed E-state index contributed by atoms with van der Waals surface area (Å²) in [5, 5.41) is 8.30. The molecule has 0 spiro atoms. The highest BCUT2D eigenvalue weighted by atomic mass is 127. The number of benzene rings is 1. The van der Waals surface area contributed by atoms with Crippen molar-refractivity contribution >= 4 is 29.9 Å². The Bertz CT molecular complexity index is 626. The topological polar surface area (TPSA) is 58.8 Å². The number of aliphatic imine (C=N–C) groups is 1. The van der Waals surface area contributed by atoms with Crippen LogP contribution in [0, 0.1) is 0 Å². The molecule has 1 heterocycles. The highest BCUT2D eigenvalue weighted by molar-refractivity contribution is 14.0. The average Bonchev–Trinajstić information content (AvgIpc) is 2.95. The van der Waals surface area contributed by atoms with Gasteiger partial charge < -0.3 is 14.5 Å². The van der Waals surface area contributed by atoms with Crippen LogP contribution in [0.25, 0.3) is 5.69 Å². The van der Waals surface area contributed by atoms with E-state index in [0.717, 1.165) is 23.1 Å². The molecular formula is C15H23IN6O. The van der Waals surface area contributed by atoms with Gasteiger partial charge >= 0.3 is 0 Å². The molecule has 0 aliphatic carbocycles. The molecule has 1 aromatic carbocycles. The molecule has 0 radical (unpaired) electrons. The zero-order valence-corrected chi connectivity index (χ0v) is 16.4. The monoisotopic (exact) mass is 430 g/mol. The summed E-state index contributed by atoms with van der Waals surface area (Å²) >= 11 is 0. The van der Waals surface area contributed by atoms with Crippen molar-refractivity contribution < 1.29 is 4.74 Å². The summed E-state index contributed by atoms with van der Waals surface area (Å²) < 4.78 is 6.88. The third-order valence-corrected chi connectivity index (χ3v) is 3.06. The number of aromatic nitrogens is 3. The fourth-order valence-electron chi connectivity index (χ4n) is 2.07. The van der Waals surface area contributed by atoms with Gasteiger partial charge in [-0.1, -0.05) is 5.21 Å². The van der Waals surface area contributed by atoms with Gasteiger partial charge in [0.1, 0.15) is 11.4 Å². The first-order valence-electron chi connectivity index (χ1n) is 6.96. The summed E-state index contributed by atoms with van der Waals surface area (Å²) in [6.45, 7) is 0.488. The van der Waals surface area contributed by atoms with Gasteiger partial charge in [0.05, 0.1) is 25.5 Å². The molecule has 126 valence electrons. The molecule has 7 nitrogen and oxygen atoms in total. The maximum atomic E-state index is 5.15. The molecule has 2 rings (SSSR count). The van der Waals surface area contributed by atoms with Crippen LogP contribution < -0.4 is 4.74 Å². The molecule has 8 heteroatoms. The Morgan fingerprint density at radius 1 is 1.13 bits per heavy atom. The molecule has 1 aromatic heterocycles. The fourth-order valence-corrected chi connectivity index (χ4v) is 2.07. The first-order chi connectivity index (χ1) is 10.5. The highest BCUT2D eigenvalue weighted by Crippen LogP contribution is 2.14. The minimum absolute atomic E-state index is 0. The van der Waals surface area contributed by atoms with Crippen molar-refractivity contribution in [2.45, 2.75) is 6.54 Å². The largest absolute Gasteiger partial charge is 0.497 e. The maximum Gasteiger partial charge on any atom is 0.195 e. The summed E-state index contributed by atoms with van der Waals surface area (Å²) in [7, 11) is 9.51. The fraction of sp³-hybridized carbons (Fsp3) is 0.400. The molecular weight excluding hydrogens is 407 g/mol. The number of rotatable bonds is 4. The summed E-state index contributed by atoms with van der Waals surface area (Å²) in [5.74, 6) is 1.70. The van der Waals surface area contributed by atoms with E-state index < -0.39 is 0 Å². The number of halogens is 1. The quantitative estimate of drug-likeness (QED) is 0.421. The minimum atomic E-state index is 0. The Balaban J connectivity index is 0.00000264. The van der Waals surface area contributed by atoms with E-state index in [0.29, 0.717) is 6.54 Å². The van der Waals surface area contributed by atoms with E-state index in [4.69, 9.17) is 4.74 Å². The van der Waals surface area contributed by atoms with E-state index >= 15 is 0 Å². The number of methoxy groups -OCH3 is 1. The molecule has 0 saturated heterocycles. The first-order valence-corrected chi connectivity index (χ1v) is 6.96.